The van der Waals surface area contributed by atoms with Crippen molar-refractivity contribution in [1.29, 1.82) is 0 Å². The van der Waals surface area contributed by atoms with Crippen molar-refractivity contribution in [2.75, 3.05) is 19.7 Å². The molecule has 0 bridgehead atoms. The Morgan fingerprint density at radius 3 is 2.66 bits per heavy atom. The number of rotatable bonds is 11. The minimum Gasteiger partial charge on any atom is -0.374 e. The molecule has 41 heavy (non-hydrogen) atoms. The first kappa shape index (κ1) is 31.4. The van der Waals surface area contributed by atoms with Crippen LogP contribution in [-0.2, 0) is 9.53 Å². The Morgan fingerprint density at radius 1 is 1.15 bits per heavy atom. The Hall–Kier alpha value is -2.51. The molecule has 3 aliphatic rings. The van der Waals surface area contributed by atoms with Crippen LogP contribution in [0.2, 0.25) is 0 Å². The fraction of sp³-hybridized carbons (Fsp3) is 0.576. The summed E-state index contributed by atoms with van der Waals surface area (Å²) < 4.78 is 31.2. The molecule has 1 heterocycles. The molecule has 0 radical (unpaired) electrons. The van der Waals surface area contributed by atoms with E-state index in [9.17, 15) is 18.4 Å². The standard InChI is InChI=1S/C33H43ClF2N2O3/c1-4-33(35,36)41-15-14-37-32(40)30-19-28-21-38(23(3)8-9-27(28)16-22(30)2)20-25-7-5-6-24(17-25)18-31(39)26-10-12-29(34)13-11-26/h9-10,12,16,19,21,23-25H,4-8,11,13-15,17-18,20H2,1-3H3,(H,37,40). The molecule has 1 aromatic carbocycles. The zero-order valence-electron chi connectivity index (χ0n) is 24.5. The van der Waals surface area contributed by atoms with E-state index in [2.05, 4.69) is 34.2 Å². The molecule has 8 heteroatoms. The average molecular weight is 589 g/mol. The van der Waals surface area contributed by atoms with Crippen molar-refractivity contribution < 1.29 is 23.1 Å². The zero-order chi connectivity index (χ0) is 29.6. The molecule has 1 aromatic rings. The molecule has 224 valence electrons. The minimum absolute atomic E-state index is 0.0109. The lowest BCUT2D eigenvalue weighted by Crippen LogP contribution is -2.37. The van der Waals surface area contributed by atoms with Crippen molar-refractivity contribution in [2.45, 2.75) is 90.7 Å². The van der Waals surface area contributed by atoms with Gasteiger partial charge < -0.3 is 15.0 Å². The lowest BCUT2D eigenvalue weighted by Gasteiger charge is -2.35. The Balaban J connectivity index is 1.41. The van der Waals surface area contributed by atoms with E-state index in [-0.39, 0.29) is 24.8 Å². The molecular formula is C33H43ClF2N2O3. The molecule has 1 amide bonds. The monoisotopic (exact) mass is 588 g/mol. The highest BCUT2D eigenvalue weighted by Gasteiger charge is 2.28. The second kappa shape index (κ2) is 14.1. The predicted molar refractivity (Wildman–Crippen MR) is 160 cm³/mol. The maximum Gasteiger partial charge on any atom is 0.355 e. The van der Waals surface area contributed by atoms with E-state index in [4.69, 9.17) is 11.6 Å². The SMILES string of the molecule is CCC(F)(F)OCCNC(=O)c1cc2c(cc1C)=CCC(C)N(CC1CCCC(CC(=O)C3=CC=C(Cl)CC3)C1)C=2. The summed E-state index contributed by atoms with van der Waals surface area (Å²) in [7, 11) is 0. The van der Waals surface area contributed by atoms with Gasteiger partial charge in [0, 0.05) is 48.8 Å². The van der Waals surface area contributed by atoms with Gasteiger partial charge in [0.25, 0.3) is 5.91 Å². The summed E-state index contributed by atoms with van der Waals surface area (Å²) in [5.41, 5.74) is 2.28. The van der Waals surface area contributed by atoms with E-state index < -0.39 is 12.5 Å². The molecule has 0 saturated heterocycles. The number of benzene rings is 1. The van der Waals surface area contributed by atoms with Crippen LogP contribution in [0, 0.1) is 18.8 Å². The van der Waals surface area contributed by atoms with Crippen LogP contribution in [-0.4, -0.2) is 48.4 Å². The first-order valence-corrected chi connectivity index (χ1v) is 15.4. The van der Waals surface area contributed by atoms with Gasteiger partial charge in [-0.3, -0.25) is 9.59 Å². The average Bonchev–Trinajstić information content (AvgIpc) is 3.09. The topological polar surface area (TPSA) is 58.6 Å². The number of aryl methyl sites for hydroxylation is 1. The third-order valence-electron chi connectivity index (χ3n) is 8.63. The van der Waals surface area contributed by atoms with Crippen LogP contribution in [0.25, 0.3) is 12.3 Å². The summed E-state index contributed by atoms with van der Waals surface area (Å²) >= 11 is 6.07. The van der Waals surface area contributed by atoms with Crippen LogP contribution in [0.15, 0.2) is 34.9 Å². The van der Waals surface area contributed by atoms with Crippen LogP contribution in [0.1, 0.15) is 87.6 Å². The van der Waals surface area contributed by atoms with Crippen LogP contribution in [0.4, 0.5) is 8.78 Å². The summed E-state index contributed by atoms with van der Waals surface area (Å²) in [4.78, 5) is 28.2. The Labute approximate surface area is 247 Å². The number of Topliss-reactive ketones (excluding diaryl/α,β-unsaturated/α-hetero) is 1. The quantitative estimate of drug-likeness (QED) is 0.324. The molecule has 3 unspecified atom stereocenters. The van der Waals surface area contributed by atoms with Gasteiger partial charge in [0.1, 0.15) is 0 Å². The van der Waals surface area contributed by atoms with Gasteiger partial charge in [0.05, 0.1) is 6.61 Å². The number of amides is 1. The van der Waals surface area contributed by atoms with Gasteiger partial charge in [0.15, 0.2) is 5.78 Å². The summed E-state index contributed by atoms with van der Waals surface area (Å²) in [5.74, 6) is 0.882. The van der Waals surface area contributed by atoms with Gasteiger partial charge in [-0.1, -0.05) is 43.2 Å². The van der Waals surface area contributed by atoms with Crippen LogP contribution in [0.3, 0.4) is 0 Å². The van der Waals surface area contributed by atoms with Crippen LogP contribution in [0.5, 0.6) is 0 Å². The second-order valence-electron chi connectivity index (χ2n) is 11.8. The molecule has 1 fully saturated rings. The minimum atomic E-state index is -3.18. The van der Waals surface area contributed by atoms with Gasteiger partial charge in [-0.15, -0.1) is 0 Å². The highest BCUT2D eigenvalue weighted by atomic mass is 35.5. The van der Waals surface area contributed by atoms with E-state index >= 15 is 0 Å². The van der Waals surface area contributed by atoms with Crippen LogP contribution >= 0.6 is 11.6 Å². The number of carbonyl (C=O) groups excluding carboxylic acids is 2. The van der Waals surface area contributed by atoms with Crippen LogP contribution < -0.4 is 15.8 Å². The summed E-state index contributed by atoms with van der Waals surface area (Å²) in [6, 6.07) is 4.25. The smallest absolute Gasteiger partial charge is 0.355 e. The lowest BCUT2D eigenvalue weighted by molar-refractivity contribution is -0.238. The van der Waals surface area contributed by atoms with E-state index in [1.807, 2.05) is 31.2 Å². The normalized spacial score (nSPS) is 22.9. The first-order chi connectivity index (χ1) is 19.5. The lowest BCUT2D eigenvalue weighted by atomic mass is 9.78. The molecule has 3 atom stereocenters. The van der Waals surface area contributed by atoms with Crippen molar-refractivity contribution in [3.8, 4) is 0 Å². The second-order valence-corrected chi connectivity index (χ2v) is 12.3. The van der Waals surface area contributed by atoms with Gasteiger partial charge in [-0.2, -0.15) is 8.78 Å². The van der Waals surface area contributed by atoms with Crippen molar-refractivity contribution >= 4 is 35.6 Å². The molecule has 1 saturated carbocycles. The van der Waals surface area contributed by atoms with Crippen molar-refractivity contribution in [2.24, 2.45) is 11.8 Å². The Kier molecular flexibility index (Phi) is 10.8. The van der Waals surface area contributed by atoms with Crippen molar-refractivity contribution in [3.05, 3.63) is 56.5 Å². The van der Waals surface area contributed by atoms with Gasteiger partial charge in [-0.25, -0.2) is 0 Å². The number of halogens is 3. The maximum absolute atomic E-state index is 13.3. The largest absolute Gasteiger partial charge is 0.374 e. The van der Waals surface area contributed by atoms with Gasteiger partial charge >= 0.3 is 6.11 Å². The van der Waals surface area contributed by atoms with Crippen molar-refractivity contribution in [3.63, 3.8) is 0 Å². The van der Waals surface area contributed by atoms with E-state index in [0.29, 0.717) is 29.9 Å². The number of nitrogens with zero attached hydrogens (tertiary/aromatic N) is 1. The molecular weight excluding hydrogens is 546 g/mol. The van der Waals surface area contributed by atoms with E-state index in [0.717, 1.165) is 78.1 Å². The Bertz CT molecular complexity index is 1310. The molecule has 0 spiro atoms. The number of ketones is 1. The number of allylic oxidation sites excluding steroid dienone is 4. The number of carbonyl (C=O) groups is 2. The summed E-state index contributed by atoms with van der Waals surface area (Å²) in [6.07, 6.45) is 12.0. The number of fused-ring (bicyclic) bond motifs is 1. The van der Waals surface area contributed by atoms with E-state index in [1.165, 1.54) is 6.92 Å². The fourth-order valence-corrected chi connectivity index (χ4v) is 6.26. The molecule has 2 aliphatic carbocycles. The number of alkyl halides is 2. The molecule has 5 nitrogen and oxygen atoms in total. The highest BCUT2D eigenvalue weighted by molar-refractivity contribution is 6.29. The third kappa shape index (κ3) is 8.74. The first-order valence-electron chi connectivity index (χ1n) is 15.0. The van der Waals surface area contributed by atoms with Crippen molar-refractivity contribution in [1.82, 2.24) is 10.2 Å². The maximum atomic E-state index is 13.3. The third-order valence-corrected chi connectivity index (χ3v) is 8.94. The fourth-order valence-electron chi connectivity index (χ4n) is 6.10. The molecule has 1 N–H and O–H groups in total. The number of hydrogen-bond acceptors (Lipinski definition) is 4. The zero-order valence-corrected chi connectivity index (χ0v) is 25.2. The van der Waals surface area contributed by atoms with E-state index in [1.54, 1.807) is 0 Å². The number of ether oxygens (including phenoxy) is 1. The van der Waals surface area contributed by atoms with Gasteiger partial charge in [0.2, 0.25) is 0 Å². The number of nitrogens with one attached hydrogen (secondary N) is 1. The molecule has 0 aromatic heterocycles. The Morgan fingerprint density at radius 2 is 1.93 bits per heavy atom. The summed E-state index contributed by atoms with van der Waals surface area (Å²) in [5, 5.41) is 5.61. The predicted octanol–water partition coefficient (Wildman–Crippen LogP) is 5.97. The number of hydrogen-bond donors (Lipinski definition) is 1. The van der Waals surface area contributed by atoms with Gasteiger partial charge in [-0.05, 0) is 97.9 Å². The highest BCUT2D eigenvalue weighted by Crippen LogP contribution is 2.34. The molecule has 1 aliphatic heterocycles. The molecule has 4 rings (SSSR count). The summed E-state index contributed by atoms with van der Waals surface area (Å²) in [6.45, 7) is 6.15.